The first-order valence-electron chi connectivity index (χ1n) is 5.95. The molecule has 0 spiro atoms. The minimum atomic E-state index is -0.506. The van der Waals surface area contributed by atoms with Gasteiger partial charge in [-0.25, -0.2) is 0 Å². The second-order valence-electron chi connectivity index (χ2n) is 4.19. The van der Waals surface area contributed by atoms with E-state index in [-0.39, 0.29) is 18.4 Å². The van der Waals surface area contributed by atoms with Crippen molar-refractivity contribution >= 4 is 23.6 Å². The monoisotopic (exact) mass is 259 g/mol. The van der Waals surface area contributed by atoms with Crippen LogP contribution in [0.4, 0.5) is 0 Å². The zero-order chi connectivity index (χ0) is 12.7. The average Bonchev–Trinajstić information content (AvgIpc) is 2.86. The van der Waals surface area contributed by atoms with E-state index in [0.29, 0.717) is 6.42 Å². The highest BCUT2D eigenvalue weighted by molar-refractivity contribution is 7.98. The quantitative estimate of drug-likeness (QED) is 0.693. The summed E-state index contributed by atoms with van der Waals surface area (Å²) in [5.41, 5.74) is 5.69. The van der Waals surface area contributed by atoms with Crippen LogP contribution in [0.25, 0.3) is 0 Å². The van der Waals surface area contributed by atoms with E-state index >= 15 is 0 Å². The standard InChI is InChI=1S/C11H21N3O2S/c1-17-7-4-9(12)11(16)13-8-10(15)14-5-2-3-6-14/h9H,2-8,12H2,1H3,(H,13,16)/t9-/m1/s1. The molecule has 3 N–H and O–H groups in total. The van der Waals surface area contributed by atoms with Gasteiger partial charge in [0.25, 0.3) is 0 Å². The fourth-order valence-corrected chi connectivity index (χ4v) is 2.24. The molecular formula is C11H21N3O2S. The topological polar surface area (TPSA) is 75.4 Å². The Morgan fingerprint density at radius 1 is 1.41 bits per heavy atom. The van der Waals surface area contributed by atoms with Gasteiger partial charge in [-0.05, 0) is 31.3 Å². The Morgan fingerprint density at radius 3 is 2.65 bits per heavy atom. The van der Waals surface area contributed by atoms with Crippen LogP contribution in [0.15, 0.2) is 0 Å². The molecule has 0 saturated carbocycles. The molecule has 1 saturated heterocycles. The van der Waals surface area contributed by atoms with Gasteiger partial charge in [-0.15, -0.1) is 0 Å². The van der Waals surface area contributed by atoms with Crippen LogP contribution < -0.4 is 11.1 Å². The third kappa shape index (κ3) is 4.95. The molecule has 98 valence electrons. The Balaban J connectivity index is 2.20. The lowest BCUT2D eigenvalue weighted by atomic mass is 10.2. The number of hydrogen-bond donors (Lipinski definition) is 2. The molecule has 1 aliphatic rings. The summed E-state index contributed by atoms with van der Waals surface area (Å²) in [6, 6.07) is -0.506. The van der Waals surface area contributed by atoms with Gasteiger partial charge in [-0.3, -0.25) is 9.59 Å². The fraction of sp³-hybridized carbons (Fsp3) is 0.818. The van der Waals surface area contributed by atoms with E-state index in [1.807, 2.05) is 6.26 Å². The van der Waals surface area contributed by atoms with Crippen LogP contribution in [0.3, 0.4) is 0 Å². The van der Waals surface area contributed by atoms with Crippen molar-refractivity contribution in [2.75, 3.05) is 31.6 Å². The van der Waals surface area contributed by atoms with Gasteiger partial charge >= 0.3 is 0 Å². The summed E-state index contributed by atoms with van der Waals surface area (Å²) in [5, 5.41) is 2.60. The number of nitrogens with zero attached hydrogens (tertiary/aromatic N) is 1. The molecule has 0 bridgehead atoms. The van der Waals surface area contributed by atoms with Gasteiger partial charge in [0.1, 0.15) is 0 Å². The van der Waals surface area contributed by atoms with Crippen LogP contribution in [-0.4, -0.2) is 54.4 Å². The van der Waals surface area contributed by atoms with Crippen LogP contribution in [0, 0.1) is 0 Å². The number of nitrogens with two attached hydrogens (primary N) is 1. The Hall–Kier alpha value is -0.750. The maximum absolute atomic E-state index is 11.7. The van der Waals surface area contributed by atoms with Gasteiger partial charge in [0.2, 0.25) is 11.8 Å². The molecule has 1 fully saturated rings. The van der Waals surface area contributed by atoms with Crippen molar-refractivity contribution in [1.29, 1.82) is 0 Å². The molecule has 5 nitrogen and oxygen atoms in total. The molecule has 0 aromatic heterocycles. The smallest absolute Gasteiger partial charge is 0.241 e. The van der Waals surface area contributed by atoms with Crippen molar-refractivity contribution in [3.05, 3.63) is 0 Å². The van der Waals surface area contributed by atoms with Crippen LogP contribution in [-0.2, 0) is 9.59 Å². The van der Waals surface area contributed by atoms with E-state index in [2.05, 4.69) is 5.32 Å². The summed E-state index contributed by atoms with van der Waals surface area (Å²) in [7, 11) is 0. The number of likely N-dealkylation sites (tertiary alicyclic amines) is 1. The van der Waals surface area contributed by atoms with Crippen molar-refractivity contribution in [3.63, 3.8) is 0 Å². The normalized spacial score (nSPS) is 16.9. The molecule has 17 heavy (non-hydrogen) atoms. The summed E-state index contributed by atoms with van der Waals surface area (Å²) in [4.78, 5) is 25.0. The largest absolute Gasteiger partial charge is 0.346 e. The average molecular weight is 259 g/mol. The predicted octanol–water partition coefficient (Wildman–Crippen LogP) is -0.195. The van der Waals surface area contributed by atoms with E-state index in [1.165, 1.54) is 0 Å². The van der Waals surface area contributed by atoms with Gasteiger partial charge in [0.05, 0.1) is 12.6 Å². The van der Waals surface area contributed by atoms with Gasteiger partial charge in [0.15, 0.2) is 0 Å². The van der Waals surface area contributed by atoms with Gasteiger partial charge in [-0.1, -0.05) is 0 Å². The maximum atomic E-state index is 11.7. The number of rotatable bonds is 6. The molecule has 1 atom stereocenters. The van der Waals surface area contributed by atoms with Crippen molar-refractivity contribution in [2.45, 2.75) is 25.3 Å². The SMILES string of the molecule is CSCC[C@@H](N)C(=O)NCC(=O)N1CCCC1. The number of nitrogens with one attached hydrogen (secondary N) is 1. The van der Waals surface area contributed by atoms with E-state index < -0.39 is 6.04 Å². The molecule has 0 aromatic rings. The minimum Gasteiger partial charge on any atom is -0.346 e. The lowest BCUT2D eigenvalue weighted by Gasteiger charge is -2.16. The van der Waals surface area contributed by atoms with Crippen LogP contribution in [0.1, 0.15) is 19.3 Å². The van der Waals surface area contributed by atoms with Crippen LogP contribution in [0.5, 0.6) is 0 Å². The second-order valence-corrected chi connectivity index (χ2v) is 5.18. The first-order valence-corrected chi connectivity index (χ1v) is 7.34. The number of carbonyl (C=O) groups is 2. The summed E-state index contributed by atoms with van der Waals surface area (Å²) in [6.45, 7) is 1.70. The van der Waals surface area contributed by atoms with Crippen molar-refractivity contribution in [1.82, 2.24) is 10.2 Å². The van der Waals surface area contributed by atoms with Gasteiger partial charge in [0, 0.05) is 13.1 Å². The summed E-state index contributed by atoms with van der Waals surface area (Å²) in [5.74, 6) is 0.619. The lowest BCUT2D eigenvalue weighted by molar-refractivity contribution is -0.132. The number of amides is 2. The van der Waals surface area contributed by atoms with Gasteiger partial charge in [-0.2, -0.15) is 11.8 Å². The predicted molar refractivity (Wildman–Crippen MR) is 69.8 cm³/mol. The Kier molecular flexibility index (Phi) is 6.36. The number of hydrogen-bond acceptors (Lipinski definition) is 4. The molecule has 1 rings (SSSR count). The zero-order valence-electron chi connectivity index (χ0n) is 10.3. The third-order valence-corrected chi connectivity index (χ3v) is 3.49. The van der Waals surface area contributed by atoms with Crippen molar-refractivity contribution in [2.24, 2.45) is 5.73 Å². The fourth-order valence-electron chi connectivity index (χ4n) is 1.75. The Bertz CT molecular complexity index is 267. The molecule has 1 aliphatic heterocycles. The molecule has 0 unspecified atom stereocenters. The van der Waals surface area contributed by atoms with Crippen LogP contribution >= 0.6 is 11.8 Å². The van der Waals surface area contributed by atoms with E-state index in [1.54, 1.807) is 16.7 Å². The minimum absolute atomic E-state index is 0.00656. The highest BCUT2D eigenvalue weighted by atomic mass is 32.2. The highest BCUT2D eigenvalue weighted by Crippen LogP contribution is 2.06. The first kappa shape index (κ1) is 14.3. The number of thioether (sulfide) groups is 1. The molecule has 1 heterocycles. The Morgan fingerprint density at radius 2 is 2.06 bits per heavy atom. The maximum Gasteiger partial charge on any atom is 0.241 e. The summed E-state index contributed by atoms with van der Waals surface area (Å²) < 4.78 is 0. The number of carbonyl (C=O) groups excluding carboxylic acids is 2. The summed E-state index contributed by atoms with van der Waals surface area (Å²) >= 11 is 1.66. The highest BCUT2D eigenvalue weighted by Gasteiger charge is 2.19. The molecule has 2 amide bonds. The van der Waals surface area contributed by atoms with Crippen molar-refractivity contribution in [3.8, 4) is 0 Å². The first-order chi connectivity index (χ1) is 8.15. The molecular weight excluding hydrogens is 238 g/mol. The van der Waals surface area contributed by atoms with E-state index in [4.69, 9.17) is 5.73 Å². The molecule has 0 aromatic carbocycles. The van der Waals surface area contributed by atoms with E-state index in [9.17, 15) is 9.59 Å². The summed E-state index contributed by atoms with van der Waals surface area (Å²) in [6.07, 6.45) is 4.74. The molecule has 6 heteroatoms. The lowest BCUT2D eigenvalue weighted by Crippen LogP contribution is -2.45. The Labute approximate surface area is 106 Å². The molecule has 0 radical (unpaired) electrons. The second kappa shape index (κ2) is 7.55. The van der Waals surface area contributed by atoms with E-state index in [0.717, 1.165) is 31.7 Å². The third-order valence-electron chi connectivity index (χ3n) is 2.84. The van der Waals surface area contributed by atoms with Crippen molar-refractivity contribution < 1.29 is 9.59 Å². The zero-order valence-corrected chi connectivity index (χ0v) is 11.1. The van der Waals surface area contributed by atoms with Gasteiger partial charge < -0.3 is 16.0 Å². The van der Waals surface area contributed by atoms with Crippen LogP contribution in [0.2, 0.25) is 0 Å². The molecule has 0 aliphatic carbocycles.